The van der Waals surface area contributed by atoms with Crippen LogP contribution in [-0.2, 0) is 4.79 Å². The Bertz CT molecular complexity index is 683. The standard InChI is InChI=1S/C17H16N2O4/c1-2-12-18(14-6-4-3-5-7-14)17(20)13-23-16-10-8-15(9-11-16)19(21)22/h2-11H,1,12-13H2. The molecule has 0 aromatic heterocycles. The molecular weight excluding hydrogens is 296 g/mol. The lowest BCUT2D eigenvalue weighted by atomic mass is 10.3. The fourth-order valence-electron chi connectivity index (χ4n) is 1.98. The van der Waals surface area contributed by atoms with Gasteiger partial charge >= 0.3 is 0 Å². The lowest BCUT2D eigenvalue weighted by Gasteiger charge is -2.21. The van der Waals surface area contributed by atoms with Gasteiger partial charge in [0, 0.05) is 24.4 Å². The van der Waals surface area contributed by atoms with E-state index in [0.29, 0.717) is 12.3 Å². The highest BCUT2D eigenvalue weighted by atomic mass is 16.6. The van der Waals surface area contributed by atoms with Crippen molar-refractivity contribution in [1.29, 1.82) is 0 Å². The second kappa shape index (κ2) is 7.74. The second-order valence-electron chi connectivity index (χ2n) is 4.67. The van der Waals surface area contributed by atoms with Gasteiger partial charge in [-0.2, -0.15) is 0 Å². The van der Waals surface area contributed by atoms with Crippen LogP contribution in [0.4, 0.5) is 11.4 Å². The molecule has 2 aromatic rings. The Kier molecular flexibility index (Phi) is 5.46. The zero-order chi connectivity index (χ0) is 16.7. The molecule has 6 nitrogen and oxygen atoms in total. The molecule has 118 valence electrons. The van der Waals surface area contributed by atoms with Crippen LogP contribution < -0.4 is 9.64 Å². The van der Waals surface area contributed by atoms with Crippen LogP contribution in [0.1, 0.15) is 0 Å². The van der Waals surface area contributed by atoms with Gasteiger partial charge in [0.1, 0.15) is 5.75 Å². The maximum absolute atomic E-state index is 12.3. The summed E-state index contributed by atoms with van der Waals surface area (Å²) in [6, 6.07) is 14.8. The summed E-state index contributed by atoms with van der Waals surface area (Å²) in [4.78, 5) is 24.0. The minimum Gasteiger partial charge on any atom is -0.484 e. The predicted octanol–water partition coefficient (Wildman–Crippen LogP) is 3.19. The molecule has 0 unspecified atom stereocenters. The van der Waals surface area contributed by atoms with Crippen LogP contribution >= 0.6 is 0 Å². The summed E-state index contributed by atoms with van der Waals surface area (Å²) in [5, 5.41) is 10.6. The van der Waals surface area contributed by atoms with E-state index >= 15 is 0 Å². The van der Waals surface area contributed by atoms with E-state index < -0.39 is 4.92 Å². The number of nitro benzene ring substituents is 1. The zero-order valence-electron chi connectivity index (χ0n) is 12.4. The van der Waals surface area contributed by atoms with Crippen molar-refractivity contribution < 1.29 is 14.5 Å². The fourth-order valence-corrected chi connectivity index (χ4v) is 1.98. The van der Waals surface area contributed by atoms with E-state index in [4.69, 9.17) is 4.74 Å². The van der Waals surface area contributed by atoms with Crippen molar-refractivity contribution >= 4 is 17.3 Å². The summed E-state index contributed by atoms with van der Waals surface area (Å²) in [6.45, 7) is 3.86. The highest BCUT2D eigenvalue weighted by Crippen LogP contribution is 2.18. The first kappa shape index (κ1) is 16.2. The third-order valence-electron chi connectivity index (χ3n) is 3.09. The maximum atomic E-state index is 12.3. The summed E-state index contributed by atoms with van der Waals surface area (Å²) < 4.78 is 5.40. The van der Waals surface area contributed by atoms with E-state index in [0.717, 1.165) is 5.69 Å². The SMILES string of the molecule is C=CCN(C(=O)COc1ccc([N+](=O)[O-])cc1)c1ccccc1. The molecule has 0 N–H and O–H groups in total. The third-order valence-corrected chi connectivity index (χ3v) is 3.09. The summed E-state index contributed by atoms with van der Waals surface area (Å²) >= 11 is 0. The number of non-ortho nitro benzene ring substituents is 1. The van der Waals surface area contributed by atoms with E-state index in [1.165, 1.54) is 24.3 Å². The van der Waals surface area contributed by atoms with Crippen LogP contribution in [0.25, 0.3) is 0 Å². The van der Waals surface area contributed by atoms with Gasteiger partial charge in [0.15, 0.2) is 6.61 Å². The Labute approximate surface area is 133 Å². The molecule has 1 amide bonds. The van der Waals surface area contributed by atoms with E-state index in [-0.39, 0.29) is 18.2 Å². The number of nitrogens with zero attached hydrogens (tertiary/aromatic N) is 2. The van der Waals surface area contributed by atoms with Gasteiger partial charge in [-0.1, -0.05) is 24.3 Å². The highest BCUT2D eigenvalue weighted by Gasteiger charge is 2.15. The number of amides is 1. The minimum atomic E-state index is -0.490. The number of anilines is 1. The summed E-state index contributed by atoms with van der Waals surface area (Å²) in [7, 11) is 0. The Morgan fingerprint density at radius 1 is 1.17 bits per heavy atom. The molecule has 0 saturated carbocycles. The summed E-state index contributed by atoms with van der Waals surface area (Å²) in [5.41, 5.74) is 0.728. The number of nitro groups is 1. The van der Waals surface area contributed by atoms with Crippen molar-refractivity contribution in [2.45, 2.75) is 0 Å². The molecular formula is C17H16N2O4. The van der Waals surface area contributed by atoms with E-state index in [1.807, 2.05) is 30.3 Å². The predicted molar refractivity (Wildman–Crippen MR) is 87.6 cm³/mol. The van der Waals surface area contributed by atoms with Gasteiger partial charge in [0.2, 0.25) is 0 Å². The Hall–Kier alpha value is -3.15. The van der Waals surface area contributed by atoms with Crippen molar-refractivity contribution in [2.75, 3.05) is 18.1 Å². The van der Waals surface area contributed by atoms with Crippen molar-refractivity contribution in [3.63, 3.8) is 0 Å². The monoisotopic (exact) mass is 312 g/mol. The molecule has 2 rings (SSSR count). The second-order valence-corrected chi connectivity index (χ2v) is 4.67. The van der Waals surface area contributed by atoms with Crippen molar-refractivity contribution in [1.82, 2.24) is 0 Å². The normalized spacial score (nSPS) is 9.91. The van der Waals surface area contributed by atoms with Crippen LogP contribution in [0.2, 0.25) is 0 Å². The molecule has 0 bridgehead atoms. The van der Waals surface area contributed by atoms with Crippen LogP contribution in [-0.4, -0.2) is 24.0 Å². The topological polar surface area (TPSA) is 72.7 Å². The molecule has 6 heteroatoms. The molecule has 0 radical (unpaired) electrons. The number of carbonyl (C=O) groups excluding carboxylic acids is 1. The first-order chi connectivity index (χ1) is 11.1. The average Bonchev–Trinajstić information content (AvgIpc) is 2.58. The van der Waals surface area contributed by atoms with Gasteiger partial charge < -0.3 is 9.64 Å². The molecule has 0 heterocycles. The Morgan fingerprint density at radius 2 is 1.83 bits per heavy atom. The summed E-state index contributed by atoms with van der Waals surface area (Å²) in [5.74, 6) is 0.171. The van der Waals surface area contributed by atoms with Crippen molar-refractivity contribution in [3.8, 4) is 5.75 Å². The van der Waals surface area contributed by atoms with Gasteiger partial charge in [0.05, 0.1) is 4.92 Å². The number of para-hydroxylation sites is 1. The van der Waals surface area contributed by atoms with Crippen LogP contribution in [0.3, 0.4) is 0 Å². The number of ether oxygens (including phenoxy) is 1. The van der Waals surface area contributed by atoms with Gasteiger partial charge in [0.25, 0.3) is 11.6 Å². The Balaban J connectivity index is 2.01. The van der Waals surface area contributed by atoms with Crippen LogP contribution in [0, 0.1) is 10.1 Å². The molecule has 2 aromatic carbocycles. The van der Waals surface area contributed by atoms with E-state index in [2.05, 4.69) is 6.58 Å². The number of benzene rings is 2. The molecule has 0 aliphatic carbocycles. The zero-order valence-corrected chi connectivity index (χ0v) is 12.4. The van der Waals surface area contributed by atoms with E-state index in [1.54, 1.807) is 11.0 Å². The number of hydrogen-bond donors (Lipinski definition) is 0. The van der Waals surface area contributed by atoms with Crippen molar-refractivity contribution in [2.24, 2.45) is 0 Å². The third kappa shape index (κ3) is 4.41. The van der Waals surface area contributed by atoms with Crippen LogP contribution in [0.15, 0.2) is 67.3 Å². The first-order valence-electron chi connectivity index (χ1n) is 6.95. The number of hydrogen-bond acceptors (Lipinski definition) is 4. The fraction of sp³-hybridized carbons (Fsp3) is 0.118. The smallest absolute Gasteiger partial charge is 0.269 e. The maximum Gasteiger partial charge on any atom is 0.269 e. The molecule has 0 aliphatic heterocycles. The highest BCUT2D eigenvalue weighted by molar-refractivity contribution is 5.94. The Morgan fingerprint density at radius 3 is 2.39 bits per heavy atom. The largest absolute Gasteiger partial charge is 0.484 e. The van der Waals surface area contributed by atoms with Crippen LogP contribution in [0.5, 0.6) is 5.75 Å². The molecule has 0 saturated heterocycles. The molecule has 0 spiro atoms. The number of carbonyl (C=O) groups is 1. The van der Waals surface area contributed by atoms with Gasteiger partial charge in [-0.15, -0.1) is 6.58 Å². The lowest BCUT2D eigenvalue weighted by Crippen LogP contribution is -2.35. The van der Waals surface area contributed by atoms with Gasteiger partial charge in [-0.25, -0.2) is 0 Å². The van der Waals surface area contributed by atoms with E-state index in [9.17, 15) is 14.9 Å². The molecule has 23 heavy (non-hydrogen) atoms. The molecule has 0 aliphatic rings. The first-order valence-corrected chi connectivity index (χ1v) is 6.95. The quantitative estimate of drug-likeness (QED) is 0.447. The molecule has 0 fully saturated rings. The van der Waals surface area contributed by atoms with Crippen molar-refractivity contribution in [3.05, 3.63) is 77.4 Å². The number of rotatable bonds is 7. The lowest BCUT2D eigenvalue weighted by molar-refractivity contribution is -0.384. The average molecular weight is 312 g/mol. The minimum absolute atomic E-state index is 0.0266. The van der Waals surface area contributed by atoms with Gasteiger partial charge in [-0.05, 0) is 24.3 Å². The molecule has 0 atom stereocenters. The summed E-state index contributed by atoms with van der Waals surface area (Å²) in [6.07, 6.45) is 1.64. The van der Waals surface area contributed by atoms with Gasteiger partial charge in [-0.3, -0.25) is 14.9 Å².